The maximum Gasteiger partial charge on any atom is 0.279 e. The van der Waals surface area contributed by atoms with Crippen LogP contribution in [0.15, 0.2) is 52.6 Å². The fraction of sp³-hybridized carbons (Fsp3) is 0.440. The molecule has 5 rings (SSSR count). The van der Waals surface area contributed by atoms with Crippen molar-refractivity contribution in [1.82, 2.24) is 14.9 Å². The Bertz CT molecular complexity index is 1550. The van der Waals surface area contributed by atoms with Crippen LogP contribution in [0.2, 0.25) is 0 Å². The highest BCUT2D eigenvalue weighted by Crippen LogP contribution is 2.34. The van der Waals surface area contributed by atoms with Gasteiger partial charge >= 0.3 is 0 Å². The van der Waals surface area contributed by atoms with Crippen molar-refractivity contribution < 1.29 is 26.3 Å². The third-order valence-corrected chi connectivity index (χ3v) is 9.82. The lowest BCUT2D eigenvalue weighted by molar-refractivity contribution is 0.0385. The monoisotopic (exact) mass is 593 g/mol. The van der Waals surface area contributed by atoms with E-state index in [2.05, 4.69) is 19.6 Å². The van der Waals surface area contributed by atoms with Crippen LogP contribution < -0.4 is 9.46 Å². The van der Waals surface area contributed by atoms with Crippen molar-refractivity contribution in [2.75, 3.05) is 62.7 Å². The predicted octanol–water partition coefficient (Wildman–Crippen LogP) is 2.37. The first kappa shape index (κ1) is 27.9. The van der Waals surface area contributed by atoms with Gasteiger partial charge in [0, 0.05) is 48.8 Å². The van der Waals surface area contributed by atoms with E-state index in [1.54, 1.807) is 36.0 Å². The van der Waals surface area contributed by atoms with Crippen molar-refractivity contribution in [3.63, 3.8) is 0 Å². The average Bonchev–Trinajstić information content (AvgIpc) is 3.54. The van der Waals surface area contributed by atoms with Gasteiger partial charge in [-0.25, -0.2) is 13.4 Å². The molecule has 0 aliphatic carbocycles. The number of fused-ring (bicyclic) bond motifs is 1. The second kappa shape index (κ2) is 11.8. The van der Waals surface area contributed by atoms with Crippen molar-refractivity contribution in [3.05, 3.63) is 48.3 Å². The second-order valence-corrected chi connectivity index (χ2v) is 14.7. The molecule has 2 aliphatic heterocycles. The number of thioether (sulfide) groups is 1. The van der Waals surface area contributed by atoms with Crippen molar-refractivity contribution in [2.24, 2.45) is 4.99 Å². The highest BCUT2D eigenvalue weighted by Gasteiger charge is 2.26. The number of aromatic nitrogens is 2. The van der Waals surface area contributed by atoms with Gasteiger partial charge in [-0.15, -0.1) is 0 Å². The zero-order valence-electron chi connectivity index (χ0n) is 21.5. The maximum absolute atomic E-state index is 13.1. The van der Waals surface area contributed by atoms with E-state index >= 15 is 0 Å². The Kier molecular flexibility index (Phi) is 8.47. The highest BCUT2D eigenvalue weighted by atomic mass is 32.2. The number of sulfone groups is 1. The number of hydrogen-bond acceptors (Lipinski definition) is 10. The molecular weight excluding hydrogens is 563 g/mol. The summed E-state index contributed by atoms with van der Waals surface area (Å²) >= 11 is 1.71. The maximum atomic E-state index is 13.1. The van der Waals surface area contributed by atoms with Crippen LogP contribution in [0.4, 0.5) is 5.69 Å². The molecule has 1 aromatic carbocycles. The van der Waals surface area contributed by atoms with Gasteiger partial charge in [0.2, 0.25) is 0 Å². The average molecular weight is 594 g/mol. The molecule has 1 atom stereocenters. The lowest BCUT2D eigenvalue weighted by Crippen LogP contribution is -2.40. The number of nitrogens with zero attached hydrogens (tertiary/aromatic N) is 3. The minimum Gasteiger partial charge on any atom is -0.493 e. The number of aromatic amines is 1. The van der Waals surface area contributed by atoms with Gasteiger partial charge in [-0.3, -0.25) is 14.6 Å². The summed E-state index contributed by atoms with van der Waals surface area (Å²) in [6, 6.07) is 10.00. The summed E-state index contributed by atoms with van der Waals surface area (Å²) < 4.78 is 63.0. The summed E-state index contributed by atoms with van der Waals surface area (Å²) in [6.45, 7) is 5.17. The first-order chi connectivity index (χ1) is 18.7. The predicted molar refractivity (Wildman–Crippen MR) is 153 cm³/mol. The second-order valence-electron chi connectivity index (χ2n) is 9.52. The number of anilines is 1. The van der Waals surface area contributed by atoms with E-state index in [1.807, 2.05) is 6.07 Å². The number of benzene rings is 1. The SMILES string of the molecule is CS(=O)(=O)CCCOc1cc(NS(=O)(=O)c2ccccn2)c2[nH]c(C3=NCC(CN4CCOCC4)S3)cc2c1. The van der Waals surface area contributed by atoms with E-state index < -0.39 is 19.9 Å². The Morgan fingerprint density at radius 1 is 1.18 bits per heavy atom. The zero-order chi connectivity index (χ0) is 27.5. The van der Waals surface area contributed by atoms with Crippen LogP contribution in [0.25, 0.3) is 10.9 Å². The molecule has 0 spiro atoms. The molecule has 0 amide bonds. The molecular formula is C25H31N5O6S3. The first-order valence-electron chi connectivity index (χ1n) is 12.6. The third-order valence-electron chi connectivity index (χ3n) is 6.30. The lowest BCUT2D eigenvalue weighted by atomic mass is 10.2. The van der Waals surface area contributed by atoms with E-state index in [0.29, 0.717) is 35.2 Å². The minimum atomic E-state index is -3.97. The Balaban J connectivity index is 1.39. The van der Waals surface area contributed by atoms with Crippen LogP contribution in [0, 0.1) is 0 Å². The van der Waals surface area contributed by atoms with Gasteiger partial charge in [0.25, 0.3) is 10.0 Å². The van der Waals surface area contributed by atoms with Crippen molar-refractivity contribution in [2.45, 2.75) is 16.7 Å². The molecule has 2 aromatic heterocycles. The van der Waals surface area contributed by atoms with Gasteiger partial charge in [-0.1, -0.05) is 17.8 Å². The molecule has 2 N–H and O–H groups in total. The van der Waals surface area contributed by atoms with Crippen LogP contribution in [0.3, 0.4) is 0 Å². The van der Waals surface area contributed by atoms with Crippen molar-refractivity contribution in [1.29, 1.82) is 0 Å². The molecule has 210 valence electrons. The molecule has 0 radical (unpaired) electrons. The van der Waals surface area contributed by atoms with Gasteiger partial charge in [0.15, 0.2) is 5.03 Å². The number of rotatable bonds is 11. The summed E-state index contributed by atoms with van der Waals surface area (Å²) in [4.78, 5) is 14.5. The van der Waals surface area contributed by atoms with Crippen LogP contribution in [-0.4, -0.2) is 100 Å². The molecule has 0 bridgehead atoms. The van der Waals surface area contributed by atoms with Gasteiger partial charge in [0.1, 0.15) is 20.6 Å². The van der Waals surface area contributed by atoms with E-state index in [4.69, 9.17) is 14.5 Å². The van der Waals surface area contributed by atoms with Crippen LogP contribution in [0.5, 0.6) is 5.75 Å². The first-order valence-corrected chi connectivity index (χ1v) is 17.0. The normalized spacial score (nSPS) is 18.8. The molecule has 1 unspecified atom stereocenters. The number of H-pyrrole nitrogens is 1. The number of nitrogens with one attached hydrogen (secondary N) is 2. The Labute approximate surface area is 232 Å². The standard InChI is InChI=1S/C25H31N5O6S3/c1-38(31,32)12-4-9-36-19-13-18-14-22(25-27-16-20(37-25)17-30-7-10-35-11-8-30)28-24(18)21(15-19)29-39(33,34)23-5-2-3-6-26-23/h2-3,5-6,13-15,20,28-29H,4,7-12,16-17H2,1H3. The molecule has 14 heteroatoms. The van der Waals surface area contributed by atoms with Gasteiger partial charge < -0.3 is 14.5 Å². The Morgan fingerprint density at radius 2 is 2.00 bits per heavy atom. The topological polar surface area (TPSA) is 143 Å². The van der Waals surface area contributed by atoms with Crippen LogP contribution >= 0.6 is 11.8 Å². The Hall–Kier alpha value is -2.65. The van der Waals surface area contributed by atoms with E-state index in [1.165, 1.54) is 18.5 Å². The molecule has 3 aromatic rings. The number of hydrogen-bond donors (Lipinski definition) is 2. The molecule has 1 fully saturated rings. The molecule has 0 saturated carbocycles. The number of aliphatic imine (C=N–C) groups is 1. The zero-order valence-corrected chi connectivity index (χ0v) is 23.9. The smallest absolute Gasteiger partial charge is 0.279 e. The van der Waals surface area contributed by atoms with Gasteiger partial charge in [-0.2, -0.15) is 8.42 Å². The van der Waals surface area contributed by atoms with Crippen molar-refractivity contribution in [3.8, 4) is 5.75 Å². The highest BCUT2D eigenvalue weighted by molar-refractivity contribution is 8.15. The molecule has 39 heavy (non-hydrogen) atoms. The van der Waals surface area contributed by atoms with E-state index in [9.17, 15) is 16.8 Å². The fourth-order valence-electron chi connectivity index (χ4n) is 4.44. The number of ether oxygens (including phenoxy) is 2. The molecule has 4 heterocycles. The largest absolute Gasteiger partial charge is 0.493 e. The summed E-state index contributed by atoms with van der Waals surface area (Å²) in [7, 11) is -7.07. The van der Waals surface area contributed by atoms with E-state index in [0.717, 1.165) is 49.0 Å². The number of pyridine rings is 1. The lowest BCUT2D eigenvalue weighted by Gasteiger charge is -2.28. The number of sulfonamides is 1. The summed E-state index contributed by atoms with van der Waals surface area (Å²) in [5.74, 6) is 0.428. The minimum absolute atomic E-state index is 0.00533. The Morgan fingerprint density at radius 3 is 2.74 bits per heavy atom. The number of morpholine rings is 1. The van der Waals surface area contributed by atoms with Gasteiger partial charge in [-0.05, 0) is 30.7 Å². The van der Waals surface area contributed by atoms with Gasteiger partial charge in [0.05, 0.1) is 49.0 Å². The summed E-state index contributed by atoms with van der Waals surface area (Å²) in [6.07, 6.45) is 2.92. The van der Waals surface area contributed by atoms with E-state index in [-0.39, 0.29) is 17.4 Å². The molecule has 1 saturated heterocycles. The third kappa shape index (κ3) is 7.31. The van der Waals surface area contributed by atoms with Crippen molar-refractivity contribution >= 4 is 53.3 Å². The van der Waals surface area contributed by atoms with Crippen LogP contribution in [-0.2, 0) is 24.6 Å². The quantitative estimate of drug-likeness (QED) is 0.320. The fourth-order valence-corrected chi connectivity index (χ4v) is 7.23. The molecule has 2 aliphatic rings. The summed E-state index contributed by atoms with van der Waals surface area (Å²) in [5.41, 5.74) is 1.69. The molecule has 11 nitrogen and oxygen atoms in total. The summed E-state index contributed by atoms with van der Waals surface area (Å²) in [5, 5.41) is 1.84. The van der Waals surface area contributed by atoms with Crippen LogP contribution in [0.1, 0.15) is 12.1 Å².